The summed E-state index contributed by atoms with van der Waals surface area (Å²) in [7, 11) is 0. The van der Waals surface area contributed by atoms with E-state index >= 15 is 0 Å². The highest BCUT2D eigenvalue weighted by Gasteiger charge is 2.21. The molecule has 1 aromatic heterocycles. The Morgan fingerprint density at radius 1 is 1.38 bits per heavy atom. The monoisotopic (exact) mass is 374 g/mol. The molecule has 1 aliphatic rings. The Morgan fingerprint density at radius 3 is 2.83 bits per heavy atom. The molecule has 2 aromatic rings. The molecule has 0 saturated carbocycles. The Morgan fingerprint density at radius 2 is 2.12 bits per heavy atom. The van der Waals surface area contributed by atoms with Crippen molar-refractivity contribution in [3.05, 3.63) is 29.1 Å². The van der Waals surface area contributed by atoms with Gasteiger partial charge in [0.25, 0.3) is 5.24 Å². The molecule has 0 N–H and O–H groups in total. The average molecular weight is 375 g/mol. The van der Waals surface area contributed by atoms with E-state index in [4.69, 9.17) is 21.1 Å². The van der Waals surface area contributed by atoms with Crippen LogP contribution in [0.25, 0.3) is 11.3 Å². The first-order valence-electron chi connectivity index (χ1n) is 7.14. The van der Waals surface area contributed by atoms with Crippen LogP contribution < -0.4 is 9.64 Å². The van der Waals surface area contributed by atoms with Crippen molar-refractivity contribution in [3.63, 3.8) is 0 Å². The van der Waals surface area contributed by atoms with E-state index in [0.717, 1.165) is 24.3 Å². The van der Waals surface area contributed by atoms with E-state index in [1.165, 1.54) is 17.4 Å². The number of thiazole rings is 1. The molecule has 24 heavy (non-hydrogen) atoms. The lowest BCUT2D eigenvalue weighted by Crippen LogP contribution is -2.36. The molecule has 0 unspecified atom stereocenters. The molecule has 1 aliphatic heterocycles. The lowest BCUT2D eigenvalue weighted by Gasteiger charge is -2.26. The van der Waals surface area contributed by atoms with Crippen LogP contribution in [0.15, 0.2) is 17.5 Å². The number of rotatable bonds is 5. The van der Waals surface area contributed by atoms with E-state index in [1.807, 2.05) is 0 Å². The molecule has 9 heteroatoms. The smallest absolute Gasteiger partial charge is 0.259 e. The molecule has 0 radical (unpaired) electrons. The minimum atomic E-state index is -1.17. The van der Waals surface area contributed by atoms with Crippen LogP contribution >= 0.6 is 22.9 Å². The second kappa shape index (κ2) is 7.42. The number of nitrogens with zero attached hydrogens (tertiary/aromatic N) is 2. The minimum Gasteiger partial charge on any atom is -0.481 e. The van der Waals surface area contributed by atoms with Gasteiger partial charge in [0.1, 0.15) is 0 Å². The van der Waals surface area contributed by atoms with Gasteiger partial charge in [-0.15, -0.1) is 11.3 Å². The lowest BCUT2D eigenvalue weighted by atomic mass is 10.1. The lowest BCUT2D eigenvalue weighted by molar-refractivity contribution is -0.113. The number of hydrogen-bond donors (Lipinski definition) is 0. The first-order valence-corrected chi connectivity index (χ1v) is 8.39. The summed E-state index contributed by atoms with van der Waals surface area (Å²) in [4.78, 5) is 17.4. The molecule has 3 rings (SSSR count). The highest BCUT2D eigenvalue weighted by molar-refractivity contribution is 7.14. The highest BCUT2D eigenvalue weighted by atomic mass is 35.5. The van der Waals surface area contributed by atoms with Crippen molar-refractivity contribution in [3.8, 4) is 17.0 Å². The molecule has 1 aromatic carbocycles. The number of morpholine rings is 1. The molecule has 1 fully saturated rings. The van der Waals surface area contributed by atoms with Crippen LogP contribution in [0.5, 0.6) is 5.75 Å². The molecule has 0 amide bonds. The van der Waals surface area contributed by atoms with Crippen LogP contribution in [-0.4, -0.2) is 43.1 Å². The van der Waals surface area contributed by atoms with Crippen molar-refractivity contribution in [1.29, 1.82) is 0 Å². The second-order valence-electron chi connectivity index (χ2n) is 5.00. The maximum Gasteiger partial charge on any atom is 0.259 e. The van der Waals surface area contributed by atoms with Crippen molar-refractivity contribution in [2.24, 2.45) is 0 Å². The zero-order chi connectivity index (χ0) is 17.1. The molecule has 0 spiro atoms. The van der Waals surface area contributed by atoms with Gasteiger partial charge in [-0.1, -0.05) is 0 Å². The Kier molecular flexibility index (Phi) is 5.27. The van der Waals surface area contributed by atoms with E-state index < -0.39 is 23.5 Å². The predicted octanol–water partition coefficient (Wildman–Crippen LogP) is 3.07. The van der Waals surface area contributed by atoms with Gasteiger partial charge < -0.3 is 14.4 Å². The second-order valence-corrected chi connectivity index (χ2v) is 6.25. The fourth-order valence-corrected chi connectivity index (χ4v) is 3.23. The number of carbonyl (C=O) groups excluding carboxylic acids is 1. The summed E-state index contributed by atoms with van der Waals surface area (Å²) in [6.07, 6.45) is 0. The van der Waals surface area contributed by atoms with E-state index in [1.54, 1.807) is 5.38 Å². The molecule has 0 bridgehead atoms. The number of halogens is 3. The molecule has 1 saturated heterocycles. The van der Waals surface area contributed by atoms with Crippen LogP contribution in [0.1, 0.15) is 0 Å². The molecular weight excluding hydrogens is 362 g/mol. The maximum absolute atomic E-state index is 14.1. The van der Waals surface area contributed by atoms with Gasteiger partial charge in [-0.2, -0.15) is 4.39 Å². The summed E-state index contributed by atoms with van der Waals surface area (Å²) in [5.74, 6) is -2.62. The number of hydrogen-bond acceptors (Lipinski definition) is 6. The first-order chi connectivity index (χ1) is 11.6. The topological polar surface area (TPSA) is 51.7 Å². The van der Waals surface area contributed by atoms with Crippen LogP contribution in [0.4, 0.5) is 13.9 Å². The van der Waals surface area contributed by atoms with Crippen LogP contribution in [0.2, 0.25) is 0 Å². The normalized spacial score (nSPS) is 14.7. The van der Waals surface area contributed by atoms with Gasteiger partial charge in [0, 0.05) is 24.0 Å². The predicted molar refractivity (Wildman–Crippen MR) is 86.9 cm³/mol. The van der Waals surface area contributed by atoms with Gasteiger partial charge in [-0.05, 0) is 23.7 Å². The van der Waals surface area contributed by atoms with Crippen molar-refractivity contribution < 1.29 is 23.0 Å². The molecular formula is C15H13ClF2N2O3S. The molecule has 5 nitrogen and oxygen atoms in total. The fraction of sp³-hybridized carbons (Fsp3) is 0.333. The largest absolute Gasteiger partial charge is 0.481 e. The quantitative estimate of drug-likeness (QED) is 0.753. The Balaban J connectivity index is 1.92. The molecule has 0 aliphatic carbocycles. The Bertz CT molecular complexity index is 750. The van der Waals surface area contributed by atoms with Gasteiger partial charge in [-0.3, -0.25) is 4.79 Å². The van der Waals surface area contributed by atoms with Gasteiger partial charge in [0.05, 0.1) is 18.9 Å². The summed E-state index contributed by atoms with van der Waals surface area (Å²) in [6.45, 7) is 2.11. The van der Waals surface area contributed by atoms with Gasteiger partial charge in [-0.25, -0.2) is 9.37 Å². The van der Waals surface area contributed by atoms with Crippen molar-refractivity contribution in [2.45, 2.75) is 0 Å². The van der Waals surface area contributed by atoms with E-state index in [9.17, 15) is 13.6 Å². The summed E-state index contributed by atoms with van der Waals surface area (Å²) in [5, 5.41) is 1.68. The summed E-state index contributed by atoms with van der Waals surface area (Å²) >= 11 is 6.60. The maximum atomic E-state index is 14.1. The fourth-order valence-electron chi connectivity index (χ4n) is 2.29. The standard InChI is InChI=1S/C15H13ClF2N2O3S/c16-12(21)7-23-14-9(1-2-10(17)13(14)18)11-8-24-15(19-11)20-3-5-22-6-4-20/h1-2,8H,3-7H2. The van der Waals surface area contributed by atoms with Crippen molar-refractivity contribution >= 4 is 33.3 Å². The van der Waals surface area contributed by atoms with Gasteiger partial charge >= 0.3 is 0 Å². The average Bonchev–Trinajstić information content (AvgIpc) is 3.06. The van der Waals surface area contributed by atoms with Crippen molar-refractivity contribution in [1.82, 2.24) is 4.98 Å². The Labute approximate surface area is 145 Å². The Hall–Kier alpha value is -1.77. The first kappa shape index (κ1) is 17.1. The van der Waals surface area contributed by atoms with Gasteiger partial charge in [0.15, 0.2) is 23.3 Å². The number of benzene rings is 1. The number of anilines is 1. The van der Waals surface area contributed by atoms with E-state index in [2.05, 4.69) is 9.88 Å². The highest BCUT2D eigenvalue weighted by Crippen LogP contribution is 2.36. The van der Waals surface area contributed by atoms with Crippen LogP contribution in [0.3, 0.4) is 0 Å². The SMILES string of the molecule is O=C(Cl)COc1c(-c2csc(N3CCOCC3)n2)ccc(F)c1F. The van der Waals surface area contributed by atoms with E-state index in [-0.39, 0.29) is 11.3 Å². The van der Waals surface area contributed by atoms with Crippen LogP contribution in [-0.2, 0) is 9.53 Å². The zero-order valence-corrected chi connectivity index (χ0v) is 14.0. The zero-order valence-electron chi connectivity index (χ0n) is 12.4. The third-order valence-corrected chi connectivity index (χ3v) is 4.44. The third-order valence-electron chi connectivity index (χ3n) is 3.43. The molecule has 0 atom stereocenters. The summed E-state index contributed by atoms with van der Waals surface area (Å²) in [6, 6.07) is 2.36. The van der Waals surface area contributed by atoms with Crippen LogP contribution in [0, 0.1) is 11.6 Å². The van der Waals surface area contributed by atoms with Gasteiger partial charge in [0.2, 0.25) is 5.82 Å². The molecule has 2 heterocycles. The number of carbonyl (C=O) groups is 1. The number of ether oxygens (including phenoxy) is 2. The minimum absolute atomic E-state index is 0.266. The third kappa shape index (κ3) is 3.66. The summed E-state index contributed by atoms with van der Waals surface area (Å²) in [5.41, 5.74) is 0.708. The summed E-state index contributed by atoms with van der Waals surface area (Å²) < 4.78 is 37.9. The number of aromatic nitrogens is 1. The van der Waals surface area contributed by atoms with E-state index in [0.29, 0.717) is 18.9 Å². The van der Waals surface area contributed by atoms with Crippen molar-refractivity contribution in [2.75, 3.05) is 37.8 Å². The molecule has 128 valence electrons.